The first-order chi connectivity index (χ1) is 13.1. The second-order valence-electron chi connectivity index (χ2n) is 5.97. The molecule has 0 saturated heterocycles. The van der Waals surface area contributed by atoms with Gasteiger partial charge in [-0.3, -0.25) is 10.1 Å². The Balaban J connectivity index is 1.54. The summed E-state index contributed by atoms with van der Waals surface area (Å²) >= 11 is 0. The number of nitro benzene ring substituents is 1. The number of benzene rings is 3. The standard InChI is InChI=1S/C20H18N4O3/c25-23-19-5-1-3-17(11-19)21-13-15-7-9-16(10-8-15)14-22-18-4-2-6-20(12-18)24(26)27/h1-12,21-22H,13-14H2. The molecule has 0 saturated carbocycles. The van der Waals surface area contributed by atoms with Crippen molar-refractivity contribution < 1.29 is 4.92 Å². The van der Waals surface area contributed by atoms with Crippen molar-refractivity contribution in [2.24, 2.45) is 5.18 Å². The summed E-state index contributed by atoms with van der Waals surface area (Å²) < 4.78 is 0. The van der Waals surface area contributed by atoms with Crippen LogP contribution in [0.1, 0.15) is 11.1 Å². The zero-order valence-electron chi connectivity index (χ0n) is 14.5. The highest BCUT2D eigenvalue weighted by molar-refractivity contribution is 5.54. The Bertz CT molecular complexity index is 942. The van der Waals surface area contributed by atoms with Crippen LogP contribution in [-0.2, 0) is 13.1 Å². The lowest BCUT2D eigenvalue weighted by atomic mass is 10.1. The molecule has 0 unspecified atom stereocenters. The van der Waals surface area contributed by atoms with E-state index in [9.17, 15) is 15.0 Å². The van der Waals surface area contributed by atoms with Crippen LogP contribution in [0.25, 0.3) is 0 Å². The highest BCUT2D eigenvalue weighted by atomic mass is 16.6. The maximum Gasteiger partial charge on any atom is 0.271 e. The minimum absolute atomic E-state index is 0.0651. The molecular formula is C20H18N4O3. The molecule has 0 spiro atoms. The van der Waals surface area contributed by atoms with Crippen molar-refractivity contribution in [3.05, 3.63) is 98.9 Å². The Kier molecular flexibility index (Phi) is 5.73. The number of nitrogens with zero attached hydrogens (tertiary/aromatic N) is 2. The predicted molar refractivity (Wildman–Crippen MR) is 106 cm³/mol. The van der Waals surface area contributed by atoms with Gasteiger partial charge in [0.1, 0.15) is 5.69 Å². The maximum absolute atomic E-state index is 10.8. The van der Waals surface area contributed by atoms with E-state index < -0.39 is 4.92 Å². The lowest BCUT2D eigenvalue weighted by Crippen LogP contribution is -2.02. The number of non-ortho nitro benzene ring substituents is 1. The summed E-state index contributed by atoms with van der Waals surface area (Å²) in [5, 5.41) is 20.2. The first kappa shape index (κ1) is 18.1. The lowest BCUT2D eigenvalue weighted by molar-refractivity contribution is -0.384. The lowest BCUT2D eigenvalue weighted by Gasteiger charge is -2.09. The van der Waals surface area contributed by atoms with Gasteiger partial charge in [-0.2, -0.15) is 0 Å². The number of anilines is 2. The van der Waals surface area contributed by atoms with Gasteiger partial charge >= 0.3 is 0 Å². The van der Waals surface area contributed by atoms with Gasteiger partial charge in [-0.1, -0.05) is 36.4 Å². The molecule has 3 rings (SSSR count). The highest BCUT2D eigenvalue weighted by Crippen LogP contribution is 2.19. The number of hydrogen-bond acceptors (Lipinski definition) is 6. The summed E-state index contributed by atoms with van der Waals surface area (Å²) in [6.07, 6.45) is 0. The summed E-state index contributed by atoms with van der Waals surface area (Å²) in [7, 11) is 0. The monoisotopic (exact) mass is 362 g/mol. The van der Waals surface area contributed by atoms with Crippen molar-refractivity contribution in [2.45, 2.75) is 13.1 Å². The molecule has 3 aromatic carbocycles. The second kappa shape index (κ2) is 8.57. The topological polar surface area (TPSA) is 96.6 Å². The average Bonchev–Trinajstić information content (AvgIpc) is 2.72. The quantitative estimate of drug-likeness (QED) is 0.325. The zero-order chi connectivity index (χ0) is 19.1. The molecule has 0 fully saturated rings. The Hall–Kier alpha value is -3.74. The zero-order valence-corrected chi connectivity index (χ0v) is 14.5. The number of nitro groups is 1. The van der Waals surface area contributed by atoms with Gasteiger partial charge in [0.05, 0.1) is 4.92 Å². The Morgan fingerprint density at radius 3 is 1.93 bits per heavy atom. The van der Waals surface area contributed by atoms with Crippen molar-refractivity contribution >= 4 is 22.7 Å². The molecule has 7 nitrogen and oxygen atoms in total. The first-order valence-corrected chi connectivity index (χ1v) is 8.37. The molecule has 0 bridgehead atoms. The fraction of sp³-hybridized carbons (Fsp3) is 0.100. The highest BCUT2D eigenvalue weighted by Gasteiger charge is 2.05. The molecule has 0 amide bonds. The second-order valence-corrected chi connectivity index (χ2v) is 5.97. The molecule has 0 aliphatic heterocycles. The van der Waals surface area contributed by atoms with Crippen molar-refractivity contribution in [1.29, 1.82) is 0 Å². The minimum Gasteiger partial charge on any atom is -0.381 e. The molecule has 0 atom stereocenters. The molecule has 0 aromatic heterocycles. The van der Waals surface area contributed by atoms with Gasteiger partial charge in [-0.15, -0.1) is 4.91 Å². The maximum atomic E-state index is 10.8. The van der Waals surface area contributed by atoms with Crippen LogP contribution < -0.4 is 10.6 Å². The summed E-state index contributed by atoms with van der Waals surface area (Å²) in [4.78, 5) is 21.0. The van der Waals surface area contributed by atoms with E-state index in [0.29, 0.717) is 24.5 Å². The van der Waals surface area contributed by atoms with Crippen molar-refractivity contribution in [2.75, 3.05) is 10.6 Å². The van der Waals surface area contributed by atoms with E-state index in [1.165, 1.54) is 12.1 Å². The van der Waals surface area contributed by atoms with Crippen molar-refractivity contribution in [3.8, 4) is 0 Å². The third-order valence-electron chi connectivity index (χ3n) is 4.02. The summed E-state index contributed by atoms with van der Waals surface area (Å²) in [5.41, 5.74) is 4.16. The molecule has 7 heteroatoms. The van der Waals surface area contributed by atoms with Gasteiger partial charge in [0, 0.05) is 36.6 Å². The van der Waals surface area contributed by atoms with Gasteiger partial charge in [0.25, 0.3) is 5.69 Å². The SMILES string of the molecule is O=Nc1cccc(NCc2ccc(CNc3cccc([N+](=O)[O-])c3)cc2)c1. The molecule has 27 heavy (non-hydrogen) atoms. The number of rotatable bonds is 8. The van der Waals surface area contributed by atoms with E-state index in [0.717, 1.165) is 16.8 Å². The van der Waals surface area contributed by atoms with E-state index in [1.54, 1.807) is 30.3 Å². The van der Waals surface area contributed by atoms with Gasteiger partial charge in [0.15, 0.2) is 0 Å². The van der Waals surface area contributed by atoms with E-state index in [2.05, 4.69) is 15.8 Å². The smallest absolute Gasteiger partial charge is 0.271 e. The van der Waals surface area contributed by atoms with Gasteiger partial charge < -0.3 is 10.6 Å². The van der Waals surface area contributed by atoms with Crippen LogP contribution in [0.4, 0.5) is 22.7 Å². The van der Waals surface area contributed by atoms with Gasteiger partial charge in [-0.05, 0) is 40.6 Å². The molecule has 3 aromatic rings. The molecule has 0 aliphatic carbocycles. The van der Waals surface area contributed by atoms with E-state index in [-0.39, 0.29) is 5.69 Å². The molecule has 136 valence electrons. The molecule has 0 aliphatic rings. The third-order valence-corrected chi connectivity index (χ3v) is 4.02. The minimum atomic E-state index is -0.409. The van der Waals surface area contributed by atoms with Crippen LogP contribution in [-0.4, -0.2) is 4.92 Å². The predicted octanol–water partition coefficient (Wildman–Crippen LogP) is 5.22. The molecule has 0 heterocycles. The van der Waals surface area contributed by atoms with Crippen LogP contribution in [0.2, 0.25) is 0 Å². The van der Waals surface area contributed by atoms with Crippen LogP contribution >= 0.6 is 0 Å². The van der Waals surface area contributed by atoms with Crippen LogP contribution in [0.15, 0.2) is 78.0 Å². The first-order valence-electron chi connectivity index (χ1n) is 8.37. The van der Waals surface area contributed by atoms with Crippen molar-refractivity contribution in [1.82, 2.24) is 0 Å². The summed E-state index contributed by atoms with van der Waals surface area (Å²) in [6.45, 7) is 1.20. The van der Waals surface area contributed by atoms with Crippen LogP contribution in [0.3, 0.4) is 0 Å². The fourth-order valence-corrected chi connectivity index (χ4v) is 2.59. The fourth-order valence-electron chi connectivity index (χ4n) is 2.59. The van der Waals surface area contributed by atoms with E-state index >= 15 is 0 Å². The normalized spacial score (nSPS) is 10.2. The summed E-state index contributed by atoms with van der Waals surface area (Å²) in [6, 6.07) is 21.5. The van der Waals surface area contributed by atoms with Crippen molar-refractivity contribution in [3.63, 3.8) is 0 Å². The largest absolute Gasteiger partial charge is 0.381 e. The Labute approximate surface area is 156 Å². The van der Waals surface area contributed by atoms with Gasteiger partial charge in [-0.25, -0.2) is 0 Å². The molecular weight excluding hydrogens is 344 g/mol. The Morgan fingerprint density at radius 2 is 1.37 bits per heavy atom. The molecule has 2 N–H and O–H groups in total. The van der Waals surface area contributed by atoms with E-state index in [1.807, 2.05) is 30.3 Å². The Morgan fingerprint density at radius 1 is 0.815 bits per heavy atom. The van der Waals surface area contributed by atoms with Gasteiger partial charge in [0.2, 0.25) is 0 Å². The summed E-state index contributed by atoms with van der Waals surface area (Å²) in [5.74, 6) is 0. The number of nitroso groups, excluding NO2 is 1. The third kappa shape index (κ3) is 5.12. The van der Waals surface area contributed by atoms with Crippen LogP contribution in [0.5, 0.6) is 0 Å². The van der Waals surface area contributed by atoms with E-state index in [4.69, 9.17) is 0 Å². The van der Waals surface area contributed by atoms with Crippen LogP contribution in [0, 0.1) is 15.0 Å². The molecule has 0 radical (unpaired) electrons. The average molecular weight is 362 g/mol. The number of nitrogens with one attached hydrogen (secondary N) is 2. The number of hydrogen-bond donors (Lipinski definition) is 2.